The Kier molecular flexibility index (Phi) is 5.11. The fraction of sp³-hybridized carbons (Fsp3) is 0.385. The van der Waals surface area contributed by atoms with Crippen molar-refractivity contribution in [1.29, 1.82) is 0 Å². The summed E-state index contributed by atoms with van der Waals surface area (Å²) in [4.78, 5) is 22.5. The molecular weight excluding hydrogens is 266 g/mol. The monoisotopic (exact) mass is 283 g/mol. The fourth-order valence-corrected chi connectivity index (χ4v) is 1.99. The van der Waals surface area contributed by atoms with Gasteiger partial charge in [0.2, 0.25) is 0 Å². The summed E-state index contributed by atoms with van der Waals surface area (Å²) in [5.74, 6) is -0.949. The summed E-state index contributed by atoms with van der Waals surface area (Å²) in [5.41, 5.74) is 0.0981. The minimum absolute atomic E-state index is 0.282. The molecule has 0 aliphatic heterocycles. The summed E-state index contributed by atoms with van der Waals surface area (Å²) >= 11 is 1.17. The van der Waals surface area contributed by atoms with Gasteiger partial charge in [-0.25, -0.2) is 9.59 Å². The van der Waals surface area contributed by atoms with Gasteiger partial charge in [0, 0.05) is 6.54 Å². The molecule has 0 radical (unpaired) electrons. The van der Waals surface area contributed by atoms with Crippen LogP contribution >= 0.6 is 11.3 Å². The van der Waals surface area contributed by atoms with Gasteiger partial charge in [-0.1, -0.05) is 12.2 Å². The number of rotatable bonds is 4. The first-order valence-corrected chi connectivity index (χ1v) is 6.62. The zero-order chi connectivity index (χ0) is 14.5. The van der Waals surface area contributed by atoms with Crippen molar-refractivity contribution in [2.24, 2.45) is 0 Å². The molecule has 0 unspecified atom stereocenters. The average molecular weight is 283 g/mol. The molecule has 1 heterocycles. The first-order chi connectivity index (χ1) is 8.79. The molecule has 0 aliphatic rings. The molecule has 0 atom stereocenters. The van der Waals surface area contributed by atoms with E-state index in [1.165, 1.54) is 11.3 Å². The predicted molar refractivity (Wildman–Crippen MR) is 74.5 cm³/mol. The summed E-state index contributed by atoms with van der Waals surface area (Å²) in [6, 6.07) is 1.72. The third-order valence-electron chi connectivity index (χ3n) is 1.95. The van der Waals surface area contributed by atoms with Crippen LogP contribution in [0.3, 0.4) is 0 Å². The van der Waals surface area contributed by atoms with Crippen LogP contribution in [0, 0.1) is 0 Å². The fourth-order valence-electron chi connectivity index (χ4n) is 1.27. The maximum atomic E-state index is 11.3. The van der Waals surface area contributed by atoms with E-state index in [2.05, 4.69) is 5.32 Å². The predicted octanol–water partition coefficient (Wildman–Crippen LogP) is 2.98. The summed E-state index contributed by atoms with van der Waals surface area (Å²) in [6.07, 6.45) is 2.84. The van der Waals surface area contributed by atoms with Crippen molar-refractivity contribution in [2.45, 2.75) is 26.4 Å². The topological polar surface area (TPSA) is 75.6 Å². The molecular formula is C13H17NO4S. The Labute approximate surface area is 115 Å². The molecule has 0 saturated heterocycles. The molecule has 104 valence electrons. The maximum Gasteiger partial charge on any atom is 0.407 e. The average Bonchev–Trinajstić information content (AvgIpc) is 2.70. The van der Waals surface area contributed by atoms with Crippen molar-refractivity contribution in [1.82, 2.24) is 5.32 Å². The van der Waals surface area contributed by atoms with Crippen molar-refractivity contribution < 1.29 is 19.4 Å². The van der Waals surface area contributed by atoms with Crippen LogP contribution in [0.5, 0.6) is 0 Å². The molecule has 1 aromatic heterocycles. The summed E-state index contributed by atoms with van der Waals surface area (Å²) in [5, 5.41) is 13.2. The number of carbonyl (C=O) groups excluding carboxylic acids is 1. The molecule has 0 spiro atoms. The van der Waals surface area contributed by atoms with Crippen LogP contribution in [-0.2, 0) is 4.74 Å². The molecule has 6 heteroatoms. The Morgan fingerprint density at radius 2 is 2.16 bits per heavy atom. The van der Waals surface area contributed by atoms with E-state index in [-0.39, 0.29) is 11.4 Å². The van der Waals surface area contributed by atoms with Crippen molar-refractivity contribution in [3.63, 3.8) is 0 Å². The Hall–Kier alpha value is -1.82. The standard InChI is InChI=1S/C13H17NO4S/c1-13(2,3)18-12(17)14-7-4-5-9-6-8-19-10(9)11(15)16/h4-6,8H,7H2,1-3H3,(H,14,17)(H,15,16). The quantitative estimate of drug-likeness (QED) is 0.890. The minimum Gasteiger partial charge on any atom is -0.477 e. The van der Waals surface area contributed by atoms with Crippen LogP contribution in [0.1, 0.15) is 36.0 Å². The molecule has 2 N–H and O–H groups in total. The van der Waals surface area contributed by atoms with Gasteiger partial charge in [0.05, 0.1) is 0 Å². The van der Waals surface area contributed by atoms with E-state index in [0.29, 0.717) is 5.56 Å². The van der Waals surface area contributed by atoms with Crippen LogP contribution in [0.25, 0.3) is 6.08 Å². The molecule has 1 amide bonds. The second-order valence-corrected chi connectivity index (χ2v) is 5.71. The number of ether oxygens (including phenoxy) is 1. The Balaban J connectivity index is 2.45. The van der Waals surface area contributed by atoms with Crippen molar-refractivity contribution in [3.8, 4) is 0 Å². The van der Waals surface area contributed by atoms with Crippen molar-refractivity contribution >= 4 is 29.5 Å². The molecule has 0 aromatic carbocycles. The summed E-state index contributed by atoms with van der Waals surface area (Å²) in [6.45, 7) is 5.64. The second-order valence-electron chi connectivity index (χ2n) is 4.80. The van der Waals surface area contributed by atoms with Gasteiger partial charge in [-0.2, -0.15) is 0 Å². The number of hydrogen-bond acceptors (Lipinski definition) is 4. The highest BCUT2D eigenvalue weighted by molar-refractivity contribution is 7.12. The van der Waals surface area contributed by atoms with Gasteiger partial charge in [-0.05, 0) is 37.8 Å². The first kappa shape index (κ1) is 15.2. The third kappa shape index (κ3) is 5.56. The zero-order valence-corrected chi connectivity index (χ0v) is 11.9. The van der Waals surface area contributed by atoms with Gasteiger partial charge in [0.15, 0.2) is 0 Å². The van der Waals surface area contributed by atoms with E-state index in [9.17, 15) is 9.59 Å². The van der Waals surface area contributed by atoms with Crippen LogP contribution in [0.4, 0.5) is 4.79 Å². The normalized spacial score (nSPS) is 11.5. The zero-order valence-electron chi connectivity index (χ0n) is 11.1. The van der Waals surface area contributed by atoms with E-state index in [0.717, 1.165) is 0 Å². The number of amides is 1. The molecule has 0 saturated carbocycles. The highest BCUT2D eigenvalue weighted by atomic mass is 32.1. The molecule has 5 nitrogen and oxygen atoms in total. The van der Waals surface area contributed by atoms with Gasteiger partial charge in [0.25, 0.3) is 0 Å². The smallest absolute Gasteiger partial charge is 0.407 e. The number of aromatic carboxylic acids is 1. The Morgan fingerprint density at radius 1 is 1.47 bits per heavy atom. The third-order valence-corrected chi connectivity index (χ3v) is 2.87. The summed E-state index contributed by atoms with van der Waals surface area (Å²) < 4.78 is 5.06. The lowest BCUT2D eigenvalue weighted by Crippen LogP contribution is -2.32. The number of nitrogens with one attached hydrogen (secondary N) is 1. The Bertz CT molecular complexity index is 485. The van der Waals surface area contributed by atoms with Crippen LogP contribution in [0.2, 0.25) is 0 Å². The molecule has 19 heavy (non-hydrogen) atoms. The first-order valence-electron chi connectivity index (χ1n) is 5.74. The number of carboxylic acids is 1. The van der Waals surface area contributed by atoms with Crippen molar-refractivity contribution in [3.05, 3.63) is 28.0 Å². The van der Waals surface area contributed by atoms with Gasteiger partial charge in [0.1, 0.15) is 10.5 Å². The van der Waals surface area contributed by atoms with E-state index >= 15 is 0 Å². The van der Waals surface area contributed by atoms with Crippen LogP contribution in [0.15, 0.2) is 17.5 Å². The largest absolute Gasteiger partial charge is 0.477 e. The molecule has 0 aliphatic carbocycles. The van der Waals surface area contributed by atoms with E-state index in [1.54, 1.807) is 44.4 Å². The van der Waals surface area contributed by atoms with Crippen LogP contribution in [-0.4, -0.2) is 29.3 Å². The SMILES string of the molecule is CC(C)(C)OC(=O)NCC=Cc1ccsc1C(=O)O. The lowest BCUT2D eigenvalue weighted by Gasteiger charge is -2.19. The molecule has 0 bridgehead atoms. The molecule has 1 aromatic rings. The van der Waals surface area contributed by atoms with Gasteiger partial charge in [-0.3, -0.25) is 0 Å². The van der Waals surface area contributed by atoms with Crippen molar-refractivity contribution in [2.75, 3.05) is 6.54 Å². The minimum atomic E-state index is -0.949. The lowest BCUT2D eigenvalue weighted by molar-refractivity contribution is 0.0533. The van der Waals surface area contributed by atoms with E-state index in [1.807, 2.05) is 0 Å². The van der Waals surface area contributed by atoms with Crippen LogP contribution < -0.4 is 5.32 Å². The highest BCUT2D eigenvalue weighted by Crippen LogP contribution is 2.17. The number of alkyl carbamates (subject to hydrolysis) is 1. The molecule has 1 rings (SSSR count). The second kappa shape index (κ2) is 6.38. The van der Waals surface area contributed by atoms with Gasteiger partial charge in [-0.15, -0.1) is 11.3 Å². The number of carbonyl (C=O) groups is 2. The number of carboxylic acid groups (broad SMARTS) is 1. The summed E-state index contributed by atoms with van der Waals surface area (Å²) in [7, 11) is 0. The number of thiophene rings is 1. The maximum absolute atomic E-state index is 11.3. The van der Waals surface area contributed by atoms with Gasteiger partial charge >= 0.3 is 12.1 Å². The van der Waals surface area contributed by atoms with E-state index < -0.39 is 17.7 Å². The number of hydrogen-bond donors (Lipinski definition) is 2. The lowest BCUT2D eigenvalue weighted by atomic mass is 10.2. The van der Waals surface area contributed by atoms with E-state index in [4.69, 9.17) is 9.84 Å². The highest BCUT2D eigenvalue weighted by Gasteiger charge is 2.15. The van der Waals surface area contributed by atoms with Gasteiger partial charge < -0.3 is 15.2 Å². The molecule has 0 fully saturated rings. The Morgan fingerprint density at radius 3 is 2.74 bits per heavy atom.